The molecule has 0 heterocycles. The fourth-order valence-electron chi connectivity index (χ4n) is 1.53. The number of benzene rings is 1. The molecule has 0 aromatic heterocycles. The van der Waals surface area contributed by atoms with E-state index >= 15 is 0 Å². The first-order valence-electron chi connectivity index (χ1n) is 5.48. The summed E-state index contributed by atoms with van der Waals surface area (Å²) in [7, 11) is 1.61. The maximum Gasteiger partial charge on any atom is 0.254 e. The predicted molar refractivity (Wildman–Crippen MR) is 82.0 cm³/mol. The highest BCUT2D eigenvalue weighted by Gasteiger charge is 2.14. The molecule has 0 aliphatic heterocycles. The Kier molecular flexibility index (Phi) is 5.91. The minimum atomic E-state index is -0.0321. The van der Waals surface area contributed by atoms with Crippen LogP contribution in [0.15, 0.2) is 43.5 Å². The first-order chi connectivity index (χ1) is 8.63. The maximum atomic E-state index is 12.3. The third-order valence-electron chi connectivity index (χ3n) is 2.38. The van der Waals surface area contributed by atoms with Gasteiger partial charge >= 0.3 is 0 Å². The van der Waals surface area contributed by atoms with Crippen LogP contribution >= 0.6 is 22.6 Å². The Morgan fingerprint density at radius 1 is 1.39 bits per heavy atom. The van der Waals surface area contributed by atoms with Gasteiger partial charge in [-0.25, -0.2) is 0 Å². The molecule has 0 spiro atoms. The number of rotatable bonds is 6. The van der Waals surface area contributed by atoms with Crippen LogP contribution in [0.2, 0.25) is 0 Å². The molecule has 3 nitrogen and oxygen atoms in total. The molecule has 0 fully saturated rings. The molecule has 0 unspecified atom stereocenters. The van der Waals surface area contributed by atoms with Gasteiger partial charge in [0.1, 0.15) is 5.75 Å². The van der Waals surface area contributed by atoms with Crippen molar-refractivity contribution < 1.29 is 9.53 Å². The lowest BCUT2D eigenvalue weighted by atomic mass is 10.2. The number of methoxy groups -OCH3 is 1. The summed E-state index contributed by atoms with van der Waals surface area (Å²) >= 11 is 2.15. The highest BCUT2D eigenvalue weighted by Crippen LogP contribution is 2.22. The minimum absolute atomic E-state index is 0.0321. The molecule has 0 atom stereocenters. The highest BCUT2D eigenvalue weighted by atomic mass is 127. The van der Waals surface area contributed by atoms with E-state index in [9.17, 15) is 4.79 Å². The lowest BCUT2D eigenvalue weighted by molar-refractivity contribution is 0.0790. The quantitative estimate of drug-likeness (QED) is 0.578. The summed E-state index contributed by atoms with van der Waals surface area (Å²) in [4.78, 5) is 13.9. The van der Waals surface area contributed by atoms with E-state index in [0.717, 1.165) is 9.32 Å². The molecule has 0 aliphatic rings. The van der Waals surface area contributed by atoms with Gasteiger partial charge in [-0.3, -0.25) is 4.79 Å². The zero-order chi connectivity index (χ0) is 13.5. The van der Waals surface area contributed by atoms with Crippen LogP contribution < -0.4 is 4.74 Å². The maximum absolute atomic E-state index is 12.3. The average Bonchev–Trinajstić information content (AvgIpc) is 2.37. The normalized spacial score (nSPS) is 9.67. The van der Waals surface area contributed by atoms with Crippen molar-refractivity contribution in [2.75, 3.05) is 20.2 Å². The molecule has 0 aliphatic carbocycles. The van der Waals surface area contributed by atoms with Crippen LogP contribution in [0.5, 0.6) is 5.75 Å². The van der Waals surface area contributed by atoms with Crippen LogP contribution in [-0.2, 0) is 0 Å². The number of hydrogen-bond acceptors (Lipinski definition) is 2. The summed E-state index contributed by atoms with van der Waals surface area (Å²) in [5.41, 5.74) is 0.643. The number of carbonyl (C=O) groups excluding carboxylic acids is 1. The van der Waals surface area contributed by atoms with E-state index in [0.29, 0.717) is 18.7 Å². The molecular weight excluding hydrogens is 341 g/mol. The van der Waals surface area contributed by atoms with Crippen LogP contribution in [0.4, 0.5) is 0 Å². The standard InChI is InChI=1S/C14H16INO2/c1-4-8-16(9-5-2)14(17)11-6-7-13(18-3)12(15)10-11/h4-7,10H,1-2,8-9H2,3H3. The van der Waals surface area contributed by atoms with E-state index < -0.39 is 0 Å². The second-order valence-corrected chi connectivity index (χ2v) is 4.80. The van der Waals surface area contributed by atoms with Gasteiger partial charge in [-0.1, -0.05) is 12.2 Å². The summed E-state index contributed by atoms with van der Waals surface area (Å²) in [6.07, 6.45) is 3.41. The number of amides is 1. The van der Waals surface area contributed by atoms with Crippen molar-refractivity contribution in [3.63, 3.8) is 0 Å². The van der Waals surface area contributed by atoms with Gasteiger partial charge in [0.25, 0.3) is 5.91 Å². The number of carbonyl (C=O) groups is 1. The Morgan fingerprint density at radius 3 is 2.44 bits per heavy atom. The molecule has 0 N–H and O–H groups in total. The zero-order valence-electron chi connectivity index (χ0n) is 10.4. The highest BCUT2D eigenvalue weighted by molar-refractivity contribution is 14.1. The molecule has 0 radical (unpaired) electrons. The van der Waals surface area contributed by atoms with Crippen molar-refractivity contribution in [3.05, 3.63) is 52.6 Å². The van der Waals surface area contributed by atoms with Gasteiger partial charge < -0.3 is 9.64 Å². The molecule has 96 valence electrons. The van der Waals surface area contributed by atoms with E-state index in [1.54, 1.807) is 36.3 Å². The van der Waals surface area contributed by atoms with Crippen molar-refractivity contribution in [1.82, 2.24) is 4.90 Å². The molecule has 1 aromatic rings. The predicted octanol–water partition coefficient (Wildman–Crippen LogP) is 3.11. The summed E-state index contributed by atoms with van der Waals surface area (Å²) in [5, 5.41) is 0. The Bertz CT molecular complexity index is 447. The van der Waals surface area contributed by atoms with E-state index in [4.69, 9.17) is 4.74 Å². The lowest BCUT2D eigenvalue weighted by Crippen LogP contribution is -2.31. The number of hydrogen-bond donors (Lipinski definition) is 0. The van der Waals surface area contributed by atoms with E-state index in [-0.39, 0.29) is 5.91 Å². The van der Waals surface area contributed by atoms with Crippen molar-refractivity contribution in [2.24, 2.45) is 0 Å². The fraction of sp³-hybridized carbons (Fsp3) is 0.214. The van der Waals surface area contributed by atoms with Crippen LogP contribution in [0.25, 0.3) is 0 Å². The van der Waals surface area contributed by atoms with Crippen molar-refractivity contribution in [1.29, 1.82) is 0 Å². The Balaban J connectivity index is 2.97. The van der Waals surface area contributed by atoms with Crippen molar-refractivity contribution >= 4 is 28.5 Å². The smallest absolute Gasteiger partial charge is 0.254 e. The van der Waals surface area contributed by atoms with E-state index in [2.05, 4.69) is 35.7 Å². The SMILES string of the molecule is C=CCN(CC=C)C(=O)c1ccc(OC)c(I)c1. The molecule has 1 rings (SSSR count). The van der Waals surface area contributed by atoms with Crippen LogP contribution in [-0.4, -0.2) is 31.0 Å². The van der Waals surface area contributed by atoms with Gasteiger partial charge in [0, 0.05) is 18.7 Å². The van der Waals surface area contributed by atoms with E-state index in [1.165, 1.54) is 0 Å². The summed E-state index contributed by atoms with van der Waals surface area (Å²) < 4.78 is 6.09. The monoisotopic (exact) mass is 357 g/mol. The summed E-state index contributed by atoms with van der Waals surface area (Å²) in [6, 6.07) is 5.39. The Labute approximate surface area is 121 Å². The first-order valence-corrected chi connectivity index (χ1v) is 6.56. The van der Waals surface area contributed by atoms with Gasteiger partial charge in [0.2, 0.25) is 0 Å². The lowest BCUT2D eigenvalue weighted by Gasteiger charge is -2.19. The molecule has 0 saturated carbocycles. The molecular formula is C14H16INO2. The molecule has 1 aromatic carbocycles. The molecule has 0 bridgehead atoms. The minimum Gasteiger partial charge on any atom is -0.496 e. The van der Waals surface area contributed by atoms with Gasteiger partial charge in [-0.15, -0.1) is 13.2 Å². The van der Waals surface area contributed by atoms with Crippen LogP contribution in [0.3, 0.4) is 0 Å². The number of ether oxygens (including phenoxy) is 1. The second kappa shape index (κ2) is 7.20. The summed E-state index contributed by atoms with van der Waals surface area (Å²) in [6.45, 7) is 8.32. The first kappa shape index (κ1) is 14.8. The van der Waals surface area contributed by atoms with Gasteiger partial charge in [-0.05, 0) is 40.8 Å². The van der Waals surface area contributed by atoms with Crippen molar-refractivity contribution in [3.8, 4) is 5.75 Å². The third-order valence-corrected chi connectivity index (χ3v) is 3.23. The summed E-state index contributed by atoms with van der Waals surface area (Å²) in [5.74, 6) is 0.738. The van der Waals surface area contributed by atoms with E-state index in [1.807, 2.05) is 6.07 Å². The largest absolute Gasteiger partial charge is 0.496 e. The van der Waals surface area contributed by atoms with Gasteiger partial charge in [0.15, 0.2) is 0 Å². The van der Waals surface area contributed by atoms with Crippen LogP contribution in [0, 0.1) is 3.57 Å². The topological polar surface area (TPSA) is 29.5 Å². The van der Waals surface area contributed by atoms with Gasteiger partial charge in [0.05, 0.1) is 10.7 Å². The molecule has 0 saturated heterocycles. The third kappa shape index (κ3) is 3.60. The number of nitrogens with zero attached hydrogens (tertiary/aromatic N) is 1. The Hall–Kier alpha value is -1.30. The molecule has 1 amide bonds. The average molecular weight is 357 g/mol. The van der Waals surface area contributed by atoms with Crippen LogP contribution in [0.1, 0.15) is 10.4 Å². The second-order valence-electron chi connectivity index (χ2n) is 3.64. The number of halogens is 1. The van der Waals surface area contributed by atoms with Crippen molar-refractivity contribution in [2.45, 2.75) is 0 Å². The molecule has 4 heteroatoms. The fourth-order valence-corrected chi connectivity index (χ4v) is 2.27. The zero-order valence-corrected chi connectivity index (χ0v) is 12.5. The Morgan fingerprint density at radius 2 is 2.00 bits per heavy atom. The molecule has 18 heavy (non-hydrogen) atoms. The van der Waals surface area contributed by atoms with Gasteiger partial charge in [-0.2, -0.15) is 0 Å².